The second kappa shape index (κ2) is 10.4. The van der Waals surface area contributed by atoms with Crippen molar-refractivity contribution in [3.63, 3.8) is 0 Å². The third kappa shape index (κ3) is 5.11. The molecule has 1 aliphatic heterocycles. The number of H-pyrrole nitrogens is 1. The minimum atomic E-state index is -0.841. The molecule has 1 aromatic carbocycles. The predicted octanol–water partition coefficient (Wildman–Crippen LogP) is 2.83. The first-order valence-corrected chi connectivity index (χ1v) is 12.8. The number of amides is 2. The van der Waals surface area contributed by atoms with Gasteiger partial charge in [0, 0.05) is 30.8 Å². The maximum Gasteiger partial charge on any atom is 0.255 e. The Hall–Kier alpha value is -3.66. The topological polar surface area (TPSA) is 130 Å². The van der Waals surface area contributed by atoms with Crippen molar-refractivity contribution in [2.75, 3.05) is 26.8 Å². The van der Waals surface area contributed by atoms with Gasteiger partial charge in [-0.2, -0.15) is 0 Å². The Morgan fingerprint density at radius 2 is 2.05 bits per heavy atom. The highest BCUT2D eigenvalue weighted by atomic mass is 16.5. The van der Waals surface area contributed by atoms with E-state index in [2.05, 4.69) is 20.3 Å². The number of fused-ring (bicyclic) bond motifs is 1. The molecule has 2 aromatic heterocycles. The second-order valence-electron chi connectivity index (χ2n) is 9.82. The number of aromatic amines is 1. The van der Waals surface area contributed by atoms with Crippen LogP contribution in [0.5, 0.6) is 11.5 Å². The van der Waals surface area contributed by atoms with Crippen LogP contribution >= 0.6 is 0 Å². The Bertz CT molecular complexity index is 1320. The highest BCUT2D eigenvalue weighted by molar-refractivity contribution is 6.09. The quantitative estimate of drug-likeness (QED) is 0.427. The highest BCUT2D eigenvalue weighted by Crippen LogP contribution is 2.38. The largest absolute Gasteiger partial charge is 0.497 e. The summed E-state index contributed by atoms with van der Waals surface area (Å²) < 4.78 is 11.6. The van der Waals surface area contributed by atoms with E-state index in [9.17, 15) is 14.7 Å². The van der Waals surface area contributed by atoms with Crippen LogP contribution in [0.4, 0.5) is 0 Å². The lowest BCUT2D eigenvalue weighted by Gasteiger charge is -2.36. The van der Waals surface area contributed by atoms with E-state index in [4.69, 9.17) is 9.47 Å². The molecule has 10 heteroatoms. The Labute approximate surface area is 215 Å². The highest BCUT2D eigenvalue weighted by Gasteiger charge is 2.32. The number of carbonyl (C=O) groups excluding carboxylic acids is 2. The molecular weight excluding hydrogens is 474 g/mol. The summed E-state index contributed by atoms with van der Waals surface area (Å²) in [5.74, 6) is 1.62. The van der Waals surface area contributed by atoms with Crippen molar-refractivity contribution in [1.82, 2.24) is 25.2 Å². The smallest absolute Gasteiger partial charge is 0.255 e. The van der Waals surface area contributed by atoms with Crippen LogP contribution in [0.25, 0.3) is 22.3 Å². The van der Waals surface area contributed by atoms with Crippen molar-refractivity contribution in [3.05, 3.63) is 35.8 Å². The summed E-state index contributed by atoms with van der Waals surface area (Å²) in [5, 5.41) is 13.6. The van der Waals surface area contributed by atoms with Gasteiger partial charge >= 0.3 is 0 Å². The van der Waals surface area contributed by atoms with Crippen LogP contribution in [-0.2, 0) is 4.79 Å². The van der Waals surface area contributed by atoms with Crippen molar-refractivity contribution in [2.45, 2.75) is 51.7 Å². The van der Waals surface area contributed by atoms with Crippen molar-refractivity contribution in [3.8, 4) is 22.8 Å². The van der Waals surface area contributed by atoms with Gasteiger partial charge in [-0.3, -0.25) is 9.59 Å². The van der Waals surface area contributed by atoms with Gasteiger partial charge in [-0.25, -0.2) is 9.97 Å². The first kappa shape index (κ1) is 25.0. The van der Waals surface area contributed by atoms with Crippen molar-refractivity contribution in [1.29, 1.82) is 0 Å². The molecule has 3 aromatic rings. The summed E-state index contributed by atoms with van der Waals surface area (Å²) >= 11 is 0. The van der Waals surface area contributed by atoms with Gasteiger partial charge in [-0.05, 0) is 50.3 Å². The van der Waals surface area contributed by atoms with Gasteiger partial charge in [0.1, 0.15) is 29.0 Å². The first-order valence-electron chi connectivity index (χ1n) is 12.8. The number of aliphatic hydroxyl groups is 1. The minimum absolute atomic E-state index is 0.00134. The van der Waals surface area contributed by atoms with E-state index >= 15 is 0 Å². The van der Waals surface area contributed by atoms with Crippen LogP contribution in [0.2, 0.25) is 0 Å². The summed E-state index contributed by atoms with van der Waals surface area (Å²) in [5.41, 5.74) is 3.53. The third-order valence-corrected chi connectivity index (χ3v) is 7.17. The predicted molar refractivity (Wildman–Crippen MR) is 138 cm³/mol. The molecule has 3 N–H and O–H groups in total. The van der Waals surface area contributed by atoms with E-state index in [-0.39, 0.29) is 18.4 Å². The lowest BCUT2D eigenvalue weighted by molar-refractivity contribution is -0.134. The summed E-state index contributed by atoms with van der Waals surface area (Å²) in [7, 11) is 1.61. The van der Waals surface area contributed by atoms with E-state index in [1.54, 1.807) is 18.9 Å². The molecule has 0 unspecified atom stereocenters. The molecule has 37 heavy (non-hydrogen) atoms. The molecule has 196 valence electrons. The lowest BCUT2D eigenvalue weighted by atomic mass is 10.0. The average Bonchev–Trinajstić information content (AvgIpc) is 3.67. The van der Waals surface area contributed by atoms with Gasteiger partial charge in [0.05, 0.1) is 36.9 Å². The van der Waals surface area contributed by atoms with E-state index in [0.717, 1.165) is 5.56 Å². The van der Waals surface area contributed by atoms with Gasteiger partial charge in [0.2, 0.25) is 5.91 Å². The van der Waals surface area contributed by atoms with Gasteiger partial charge in [-0.1, -0.05) is 6.92 Å². The van der Waals surface area contributed by atoms with Crippen molar-refractivity contribution in [2.24, 2.45) is 5.92 Å². The van der Waals surface area contributed by atoms with E-state index in [1.807, 2.05) is 25.1 Å². The zero-order chi connectivity index (χ0) is 26.1. The van der Waals surface area contributed by atoms with Crippen molar-refractivity contribution >= 4 is 22.8 Å². The summed E-state index contributed by atoms with van der Waals surface area (Å²) in [6.45, 7) is 4.96. The molecular formula is C27H33N5O5. The fourth-order valence-corrected chi connectivity index (χ4v) is 4.83. The summed E-state index contributed by atoms with van der Waals surface area (Å²) in [6, 6.07) is 5.15. The number of nitrogens with zero attached hydrogens (tertiary/aromatic N) is 3. The van der Waals surface area contributed by atoms with Gasteiger partial charge in [-0.15, -0.1) is 0 Å². The Morgan fingerprint density at radius 1 is 1.24 bits per heavy atom. The molecule has 1 saturated heterocycles. The van der Waals surface area contributed by atoms with Gasteiger partial charge in [0.25, 0.3) is 5.91 Å². The minimum Gasteiger partial charge on any atom is -0.497 e. The number of methoxy groups -OCH3 is 1. The fraction of sp³-hybridized carbons (Fsp3) is 0.481. The number of aliphatic hydroxyl groups excluding tert-OH is 1. The summed E-state index contributed by atoms with van der Waals surface area (Å²) in [4.78, 5) is 39.3. The molecule has 5 rings (SSSR count). The van der Waals surface area contributed by atoms with Crippen LogP contribution in [0.1, 0.15) is 48.7 Å². The van der Waals surface area contributed by atoms with Crippen LogP contribution in [0.3, 0.4) is 0 Å². The Kier molecular flexibility index (Phi) is 7.01. The summed E-state index contributed by atoms with van der Waals surface area (Å²) in [6.07, 6.45) is 3.83. The standard InChI is InChI=1S/C27H33N5O5/c1-4-22(34)32-10-9-19(20(33)12-32)31-27(35)23-15(2)30-26-24(28-14-29-25(23)26)18-11-17(36-3)7-8-21(18)37-13-16-5-6-16/h7-8,11,14,16,19-20,30,33H,4-6,9-10,12-13H2,1-3H3,(H,31,35)/t19-,20-/m1/s1. The fourth-order valence-electron chi connectivity index (χ4n) is 4.83. The van der Waals surface area contributed by atoms with Crippen molar-refractivity contribution < 1.29 is 24.2 Å². The number of hydrogen-bond donors (Lipinski definition) is 3. The lowest BCUT2D eigenvalue weighted by Crippen LogP contribution is -2.55. The molecule has 2 atom stereocenters. The monoisotopic (exact) mass is 507 g/mol. The van der Waals surface area contributed by atoms with E-state index in [1.165, 1.54) is 19.2 Å². The second-order valence-corrected chi connectivity index (χ2v) is 9.82. The molecule has 2 aliphatic rings. The number of piperidine rings is 1. The molecule has 0 spiro atoms. The molecule has 0 bridgehead atoms. The number of ether oxygens (including phenoxy) is 2. The molecule has 1 saturated carbocycles. The first-order chi connectivity index (χ1) is 17.9. The molecule has 1 aliphatic carbocycles. The van der Waals surface area contributed by atoms with Crippen LogP contribution in [-0.4, -0.2) is 75.7 Å². The number of likely N-dealkylation sites (tertiary alicyclic amines) is 1. The van der Waals surface area contributed by atoms with E-state index in [0.29, 0.717) is 71.4 Å². The number of β-amino-alcohol motifs (C(OH)–C–C–N with tert-alkyl or cyclic N) is 1. The number of hydrogen-bond acceptors (Lipinski definition) is 7. The Morgan fingerprint density at radius 3 is 2.76 bits per heavy atom. The zero-order valence-corrected chi connectivity index (χ0v) is 21.4. The molecule has 2 amide bonds. The SMILES string of the molecule is CCC(=O)N1CC[C@@H](NC(=O)c2c(C)[nH]c3c(-c4cc(OC)ccc4OCC4CC4)ncnc23)[C@H](O)C1. The number of aryl methyl sites for hydroxylation is 1. The number of aromatic nitrogens is 3. The van der Waals surface area contributed by atoms with Crippen LogP contribution < -0.4 is 14.8 Å². The number of benzene rings is 1. The molecule has 2 fully saturated rings. The molecule has 10 nitrogen and oxygen atoms in total. The molecule has 3 heterocycles. The van der Waals surface area contributed by atoms with Gasteiger partial charge < -0.3 is 29.8 Å². The van der Waals surface area contributed by atoms with Crippen LogP contribution in [0, 0.1) is 12.8 Å². The third-order valence-electron chi connectivity index (χ3n) is 7.17. The normalized spacial score (nSPS) is 19.6. The maximum atomic E-state index is 13.4. The zero-order valence-electron chi connectivity index (χ0n) is 21.4. The number of nitrogens with one attached hydrogen (secondary N) is 2. The number of carbonyl (C=O) groups is 2. The molecule has 0 radical (unpaired) electrons. The van der Waals surface area contributed by atoms with Crippen LogP contribution in [0.15, 0.2) is 24.5 Å². The average molecular weight is 508 g/mol. The maximum absolute atomic E-state index is 13.4. The Balaban J connectivity index is 1.44. The van der Waals surface area contributed by atoms with Gasteiger partial charge in [0.15, 0.2) is 0 Å². The number of rotatable bonds is 8. The van der Waals surface area contributed by atoms with E-state index < -0.39 is 12.1 Å².